The summed E-state index contributed by atoms with van der Waals surface area (Å²) in [5.41, 5.74) is 0. The molecule has 0 aromatic heterocycles. The number of benzene rings is 1. The van der Waals surface area contributed by atoms with Crippen LogP contribution in [-0.2, 0) is 4.79 Å². The molecule has 4 nitrogen and oxygen atoms in total. The number of para-hydroxylation sites is 1. The molecule has 2 atom stereocenters. The second-order valence-electron chi connectivity index (χ2n) is 4.13. The van der Waals surface area contributed by atoms with Crippen molar-refractivity contribution in [2.45, 2.75) is 26.0 Å². The Morgan fingerprint density at radius 2 is 2.06 bits per heavy atom. The zero-order valence-corrected chi connectivity index (χ0v) is 10.9. The molecule has 1 rings (SSSR count). The lowest BCUT2D eigenvalue weighted by atomic mass is 10.3. The second-order valence-corrected chi connectivity index (χ2v) is 4.13. The van der Waals surface area contributed by atoms with E-state index in [0.717, 1.165) is 0 Å². The van der Waals surface area contributed by atoms with E-state index in [1.54, 1.807) is 19.1 Å². The fraction of sp³-hybridized carbons (Fsp3) is 0.462. The Kier molecular flexibility index (Phi) is 5.58. The third kappa shape index (κ3) is 4.33. The first-order valence-electron chi connectivity index (χ1n) is 5.90. The number of carbonyl (C=O) groups excluding carboxylic acids is 1. The summed E-state index contributed by atoms with van der Waals surface area (Å²) >= 11 is 0. The average molecular weight is 254 g/mol. The van der Waals surface area contributed by atoms with Crippen LogP contribution < -0.4 is 15.4 Å². The molecule has 1 aromatic carbocycles. The van der Waals surface area contributed by atoms with Crippen LogP contribution in [0.1, 0.15) is 13.8 Å². The van der Waals surface area contributed by atoms with Crippen LogP contribution in [-0.4, -0.2) is 31.6 Å². The van der Waals surface area contributed by atoms with Crippen molar-refractivity contribution >= 4 is 5.91 Å². The average Bonchev–Trinajstić information content (AvgIpc) is 2.38. The smallest absolute Gasteiger partial charge is 0.260 e. The van der Waals surface area contributed by atoms with Gasteiger partial charge in [-0.3, -0.25) is 4.79 Å². The van der Waals surface area contributed by atoms with Crippen LogP contribution in [0.15, 0.2) is 24.3 Å². The van der Waals surface area contributed by atoms with Crippen LogP contribution in [0.3, 0.4) is 0 Å². The Labute approximate surface area is 107 Å². The first-order valence-corrected chi connectivity index (χ1v) is 5.90. The van der Waals surface area contributed by atoms with Gasteiger partial charge in [-0.2, -0.15) is 0 Å². The number of likely N-dealkylation sites (N-methyl/N-ethyl adjacent to an activating group) is 1. The fourth-order valence-electron chi connectivity index (χ4n) is 1.28. The lowest BCUT2D eigenvalue weighted by Gasteiger charge is -2.17. The summed E-state index contributed by atoms with van der Waals surface area (Å²) in [6, 6.07) is 6.20. The molecule has 0 saturated heterocycles. The minimum Gasteiger partial charge on any atom is -0.478 e. The number of amides is 1. The van der Waals surface area contributed by atoms with Gasteiger partial charge in [0.1, 0.15) is 0 Å². The third-order valence-electron chi connectivity index (χ3n) is 2.58. The maximum absolute atomic E-state index is 13.3. The van der Waals surface area contributed by atoms with E-state index in [2.05, 4.69) is 10.6 Å². The maximum Gasteiger partial charge on any atom is 0.260 e. The van der Waals surface area contributed by atoms with E-state index in [1.807, 2.05) is 14.0 Å². The SMILES string of the molecule is CNC(C)CNC(=O)C(C)Oc1ccccc1F. The van der Waals surface area contributed by atoms with Crippen molar-refractivity contribution in [1.82, 2.24) is 10.6 Å². The molecule has 1 amide bonds. The lowest BCUT2D eigenvalue weighted by molar-refractivity contribution is -0.127. The zero-order chi connectivity index (χ0) is 13.5. The Morgan fingerprint density at radius 3 is 2.67 bits per heavy atom. The minimum atomic E-state index is -0.731. The van der Waals surface area contributed by atoms with E-state index < -0.39 is 11.9 Å². The van der Waals surface area contributed by atoms with Gasteiger partial charge in [-0.1, -0.05) is 12.1 Å². The van der Waals surface area contributed by atoms with Crippen LogP contribution in [0.5, 0.6) is 5.75 Å². The van der Waals surface area contributed by atoms with Gasteiger partial charge in [0.2, 0.25) is 0 Å². The molecule has 0 aliphatic rings. The Bertz CT molecular complexity index is 398. The number of ether oxygens (including phenoxy) is 1. The van der Waals surface area contributed by atoms with Gasteiger partial charge in [0.05, 0.1) is 0 Å². The summed E-state index contributed by atoms with van der Waals surface area (Å²) < 4.78 is 18.6. The van der Waals surface area contributed by atoms with Crippen LogP contribution in [0.4, 0.5) is 4.39 Å². The number of nitrogens with one attached hydrogen (secondary N) is 2. The summed E-state index contributed by atoms with van der Waals surface area (Å²) in [6.45, 7) is 4.04. The zero-order valence-electron chi connectivity index (χ0n) is 10.9. The molecule has 100 valence electrons. The third-order valence-corrected chi connectivity index (χ3v) is 2.58. The normalized spacial score (nSPS) is 13.8. The molecule has 0 bridgehead atoms. The van der Waals surface area contributed by atoms with Crippen LogP contribution in [0.2, 0.25) is 0 Å². The quantitative estimate of drug-likeness (QED) is 0.805. The fourth-order valence-corrected chi connectivity index (χ4v) is 1.28. The molecule has 0 fully saturated rings. The molecule has 0 spiro atoms. The van der Waals surface area contributed by atoms with E-state index in [-0.39, 0.29) is 17.7 Å². The van der Waals surface area contributed by atoms with Crippen molar-refractivity contribution in [3.63, 3.8) is 0 Å². The van der Waals surface area contributed by atoms with Crippen molar-refractivity contribution in [2.75, 3.05) is 13.6 Å². The Balaban J connectivity index is 2.47. The first kappa shape index (κ1) is 14.4. The largest absolute Gasteiger partial charge is 0.478 e. The van der Waals surface area contributed by atoms with Gasteiger partial charge in [-0.15, -0.1) is 0 Å². The highest BCUT2D eigenvalue weighted by Crippen LogP contribution is 2.16. The molecule has 0 saturated carbocycles. The highest BCUT2D eigenvalue weighted by Gasteiger charge is 2.16. The van der Waals surface area contributed by atoms with E-state index >= 15 is 0 Å². The predicted molar refractivity (Wildman–Crippen MR) is 68.0 cm³/mol. The number of carbonyl (C=O) groups is 1. The molecule has 0 heterocycles. The summed E-state index contributed by atoms with van der Waals surface area (Å²) in [4.78, 5) is 11.7. The molecule has 0 aliphatic carbocycles. The summed E-state index contributed by atoms with van der Waals surface area (Å²) in [5, 5.41) is 5.73. The van der Waals surface area contributed by atoms with Crippen molar-refractivity contribution < 1.29 is 13.9 Å². The van der Waals surface area contributed by atoms with E-state index in [4.69, 9.17) is 4.74 Å². The highest BCUT2D eigenvalue weighted by atomic mass is 19.1. The van der Waals surface area contributed by atoms with E-state index in [1.165, 1.54) is 12.1 Å². The van der Waals surface area contributed by atoms with Gasteiger partial charge in [0.15, 0.2) is 17.7 Å². The van der Waals surface area contributed by atoms with Gasteiger partial charge in [-0.25, -0.2) is 4.39 Å². The number of hydrogen-bond donors (Lipinski definition) is 2. The van der Waals surface area contributed by atoms with E-state index in [0.29, 0.717) is 6.54 Å². The standard InChI is InChI=1S/C13H19FN2O2/c1-9(15-3)8-16-13(17)10(2)18-12-7-5-4-6-11(12)14/h4-7,9-10,15H,8H2,1-3H3,(H,16,17). The highest BCUT2D eigenvalue weighted by molar-refractivity contribution is 5.80. The number of hydrogen-bond acceptors (Lipinski definition) is 3. The molecular formula is C13H19FN2O2. The maximum atomic E-state index is 13.3. The molecule has 18 heavy (non-hydrogen) atoms. The molecular weight excluding hydrogens is 235 g/mol. The second kappa shape index (κ2) is 6.96. The van der Waals surface area contributed by atoms with Crippen molar-refractivity contribution in [1.29, 1.82) is 0 Å². The van der Waals surface area contributed by atoms with Crippen molar-refractivity contribution in [3.8, 4) is 5.75 Å². The molecule has 2 N–H and O–H groups in total. The molecule has 2 unspecified atom stereocenters. The molecule has 1 aromatic rings. The van der Waals surface area contributed by atoms with Gasteiger partial charge >= 0.3 is 0 Å². The first-order chi connectivity index (χ1) is 8.54. The Hall–Kier alpha value is -1.62. The number of rotatable bonds is 6. The monoisotopic (exact) mass is 254 g/mol. The molecule has 5 heteroatoms. The molecule has 0 radical (unpaired) electrons. The van der Waals surface area contributed by atoms with Crippen molar-refractivity contribution in [2.24, 2.45) is 0 Å². The Morgan fingerprint density at radius 1 is 1.39 bits per heavy atom. The van der Waals surface area contributed by atoms with Gasteiger partial charge in [0, 0.05) is 12.6 Å². The topological polar surface area (TPSA) is 50.4 Å². The van der Waals surface area contributed by atoms with Gasteiger partial charge in [-0.05, 0) is 33.0 Å². The minimum absolute atomic E-state index is 0.0850. The lowest BCUT2D eigenvalue weighted by Crippen LogP contribution is -2.42. The summed E-state index contributed by atoms with van der Waals surface area (Å²) in [6.07, 6.45) is -0.731. The summed E-state index contributed by atoms with van der Waals surface area (Å²) in [7, 11) is 1.82. The predicted octanol–water partition coefficient (Wildman–Crippen LogP) is 1.32. The number of halogens is 1. The summed E-state index contributed by atoms with van der Waals surface area (Å²) in [5.74, 6) is -0.650. The van der Waals surface area contributed by atoms with Crippen LogP contribution >= 0.6 is 0 Å². The van der Waals surface area contributed by atoms with Crippen LogP contribution in [0, 0.1) is 5.82 Å². The van der Waals surface area contributed by atoms with Gasteiger partial charge < -0.3 is 15.4 Å². The van der Waals surface area contributed by atoms with Crippen molar-refractivity contribution in [3.05, 3.63) is 30.1 Å². The van der Waals surface area contributed by atoms with E-state index in [9.17, 15) is 9.18 Å². The molecule has 0 aliphatic heterocycles. The van der Waals surface area contributed by atoms with Gasteiger partial charge in [0.25, 0.3) is 5.91 Å². The van der Waals surface area contributed by atoms with Crippen LogP contribution in [0.25, 0.3) is 0 Å².